The van der Waals surface area contributed by atoms with Crippen LogP contribution >= 0.6 is 8.60 Å². The summed E-state index contributed by atoms with van der Waals surface area (Å²) in [5.41, 5.74) is 1.28. The zero-order valence-electron chi connectivity index (χ0n) is 14.0. The van der Waals surface area contributed by atoms with Gasteiger partial charge in [-0.1, -0.05) is 24.3 Å². The van der Waals surface area contributed by atoms with Gasteiger partial charge >= 0.3 is 15.7 Å². The molecule has 0 aliphatic rings. The predicted octanol–water partition coefficient (Wildman–Crippen LogP) is -0.748. The van der Waals surface area contributed by atoms with Gasteiger partial charge in [-0.15, -0.1) is 0 Å². The van der Waals surface area contributed by atoms with Crippen molar-refractivity contribution in [3.05, 3.63) is 54.1 Å². The number of benzene rings is 2. The molecule has 0 fully saturated rings. The normalized spacial score (nSPS) is 11.6. The fourth-order valence-corrected chi connectivity index (χ4v) is 2.64. The van der Waals surface area contributed by atoms with E-state index in [2.05, 4.69) is 10.6 Å². The maximum atomic E-state index is 12.5. The van der Waals surface area contributed by atoms with Gasteiger partial charge in [-0.2, -0.15) is 0 Å². The summed E-state index contributed by atoms with van der Waals surface area (Å²) in [7, 11) is -4.18. The molecule has 6 N–H and O–H groups in total. The second-order valence-corrected chi connectivity index (χ2v) is 6.21. The molecule has 27 heavy (non-hydrogen) atoms. The molecule has 0 heterocycles. The summed E-state index contributed by atoms with van der Waals surface area (Å²) in [5, 5.41) is 23.4. The predicted molar refractivity (Wildman–Crippen MR) is 100 cm³/mol. The van der Waals surface area contributed by atoms with Crippen LogP contribution < -0.4 is 20.6 Å². The van der Waals surface area contributed by atoms with Crippen LogP contribution in [0, 0.1) is 0 Å². The Labute approximate surface area is 156 Å². The van der Waals surface area contributed by atoms with Crippen molar-refractivity contribution < 1.29 is 33.9 Å². The van der Waals surface area contributed by atoms with Crippen molar-refractivity contribution in [2.45, 2.75) is 12.5 Å². The van der Waals surface area contributed by atoms with Gasteiger partial charge in [0, 0.05) is 12.1 Å². The maximum absolute atomic E-state index is 12.5. The fraction of sp³-hybridized carbons (Fsp3) is 0.125. The molecule has 2 aromatic carbocycles. The highest BCUT2D eigenvalue weighted by Gasteiger charge is 2.19. The lowest BCUT2D eigenvalue weighted by Gasteiger charge is -2.17. The highest BCUT2D eigenvalue weighted by Crippen LogP contribution is 2.28. The van der Waals surface area contributed by atoms with E-state index in [9.17, 15) is 19.6 Å². The number of hydrogen-bond acceptors (Lipinski definition) is 7. The van der Waals surface area contributed by atoms with Crippen molar-refractivity contribution in [1.82, 2.24) is 5.32 Å². The number of nitrogens with one attached hydrogen (secondary N) is 2. The Hall–Kier alpha value is -2.49. The lowest BCUT2D eigenvalue weighted by atomic mass is 9.80. The quantitative estimate of drug-likeness (QED) is 0.187. The minimum atomic E-state index is -2.51. The Bertz CT molecular complexity index is 774. The highest BCUT2D eigenvalue weighted by atomic mass is 31.2. The molecule has 0 saturated carbocycles. The minimum Gasteiger partial charge on any atom is -0.427 e. The van der Waals surface area contributed by atoms with Gasteiger partial charge in [0.1, 0.15) is 11.8 Å². The van der Waals surface area contributed by atoms with E-state index in [0.29, 0.717) is 17.7 Å². The summed E-state index contributed by atoms with van der Waals surface area (Å²) in [6, 6.07) is 11.5. The van der Waals surface area contributed by atoms with Crippen molar-refractivity contribution >= 4 is 39.2 Å². The van der Waals surface area contributed by atoms with E-state index < -0.39 is 27.7 Å². The van der Waals surface area contributed by atoms with Crippen LogP contribution in [0.25, 0.3) is 0 Å². The van der Waals surface area contributed by atoms with E-state index in [-0.39, 0.29) is 17.6 Å². The van der Waals surface area contributed by atoms with E-state index in [1.807, 2.05) is 0 Å². The monoisotopic (exact) mass is 392 g/mol. The molecule has 9 nitrogen and oxygen atoms in total. The Balaban J connectivity index is 2.06. The Morgan fingerprint density at radius 2 is 1.89 bits per heavy atom. The lowest BCUT2D eigenvalue weighted by Crippen LogP contribution is -2.41. The third kappa shape index (κ3) is 6.63. The van der Waals surface area contributed by atoms with Crippen LogP contribution in [-0.4, -0.2) is 45.3 Å². The highest BCUT2D eigenvalue weighted by molar-refractivity contribution is 7.39. The van der Waals surface area contributed by atoms with Crippen molar-refractivity contribution in [2.24, 2.45) is 0 Å². The average Bonchev–Trinajstić information content (AvgIpc) is 2.62. The van der Waals surface area contributed by atoms with Crippen LogP contribution in [-0.2, 0) is 16.0 Å². The molecule has 11 heteroatoms. The van der Waals surface area contributed by atoms with Gasteiger partial charge in [-0.05, 0) is 35.3 Å². The molecule has 0 radical (unpaired) electrons. The molecule has 0 saturated heterocycles. The van der Waals surface area contributed by atoms with Gasteiger partial charge < -0.3 is 35.0 Å². The summed E-state index contributed by atoms with van der Waals surface area (Å²) in [4.78, 5) is 40.9. The zero-order chi connectivity index (χ0) is 19.8. The van der Waals surface area contributed by atoms with Gasteiger partial charge in [0.05, 0.1) is 0 Å². The van der Waals surface area contributed by atoms with E-state index in [0.717, 1.165) is 0 Å². The van der Waals surface area contributed by atoms with Crippen molar-refractivity contribution in [1.29, 1.82) is 0 Å². The summed E-state index contributed by atoms with van der Waals surface area (Å²) >= 11 is 0. The van der Waals surface area contributed by atoms with Crippen LogP contribution in [0.5, 0.6) is 5.75 Å². The Morgan fingerprint density at radius 3 is 2.48 bits per heavy atom. The average molecular weight is 392 g/mol. The SMILES string of the molecule is O=CNC(Cc1ccc(OP(O)O)cc1)C(=O)Nc1cccc(B(O)O)c1. The van der Waals surface area contributed by atoms with Crippen LogP contribution in [0.15, 0.2) is 48.5 Å². The molecule has 142 valence electrons. The summed E-state index contributed by atoms with van der Waals surface area (Å²) in [6.45, 7) is 0. The van der Waals surface area contributed by atoms with Crippen LogP contribution in [0.2, 0.25) is 0 Å². The number of carbonyl (C=O) groups is 2. The first-order valence-corrected chi connectivity index (χ1v) is 8.97. The molecule has 0 aromatic heterocycles. The molecule has 1 unspecified atom stereocenters. The molecule has 0 spiro atoms. The Morgan fingerprint density at radius 1 is 1.19 bits per heavy atom. The largest absolute Gasteiger partial charge is 0.488 e. The van der Waals surface area contributed by atoms with Crippen molar-refractivity contribution in [3.8, 4) is 5.75 Å². The first kappa shape index (κ1) is 20.8. The molecule has 2 rings (SSSR count). The lowest BCUT2D eigenvalue weighted by molar-refractivity contribution is -0.121. The maximum Gasteiger partial charge on any atom is 0.488 e. The van der Waals surface area contributed by atoms with Gasteiger partial charge in [0.2, 0.25) is 12.3 Å². The number of anilines is 1. The second kappa shape index (κ2) is 10.0. The summed E-state index contributed by atoms with van der Waals surface area (Å²) < 4.78 is 4.76. The summed E-state index contributed by atoms with van der Waals surface area (Å²) in [5.74, 6) is -0.222. The topological polar surface area (TPSA) is 148 Å². The molecule has 0 aliphatic heterocycles. The minimum absolute atomic E-state index is 0.181. The standard InChI is InChI=1S/C16H18BN2O7P/c20-10-18-15(8-11-4-6-14(7-5-11)26-27(24)25)16(21)19-13-3-1-2-12(9-13)17(22)23/h1-7,9-10,15,22-25H,8H2,(H,18,20)(H,19,21). The molecule has 2 amide bonds. The summed E-state index contributed by atoms with van der Waals surface area (Å²) in [6.07, 6.45) is 0.598. The van der Waals surface area contributed by atoms with E-state index in [1.165, 1.54) is 24.3 Å². The number of carbonyl (C=O) groups excluding carboxylic acids is 2. The van der Waals surface area contributed by atoms with Crippen LogP contribution in [0.4, 0.5) is 5.69 Å². The van der Waals surface area contributed by atoms with E-state index in [1.54, 1.807) is 24.3 Å². The van der Waals surface area contributed by atoms with Crippen molar-refractivity contribution in [2.75, 3.05) is 5.32 Å². The first-order chi connectivity index (χ1) is 12.9. The van der Waals surface area contributed by atoms with E-state index >= 15 is 0 Å². The first-order valence-electron chi connectivity index (χ1n) is 7.80. The third-order valence-corrected chi connectivity index (χ3v) is 3.96. The van der Waals surface area contributed by atoms with E-state index in [4.69, 9.17) is 14.3 Å². The Kier molecular flexibility index (Phi) is 7.72. The molecule has 0 aliphatic carbocycles. The number of amides is 2. The molecule has 0 bridgehead atoms. The third-order valence-electron chi connectivity index (χ3n) is 3.59. The molecule has 1 atom stereocenters. The van der Waals surface area contributed by atoms with Gasteiger partial charge in [0.15, 0.2) is 0 Å². The smallest absolute Gasteiger partial charge is 0.427 e. The van der Waals surface area contributed by atoms with Gasteiger partial charge in [0.25, 0.3) is 0 Å². The van der Waals surface area contributed by atoms with Gasteiger partial charge in [-0.25, -0.2) is 0 Å². The fourth-order valence-electron chi connectivity index (χ4n) is 2.33. The van der Waals surface area contributed by atoms with Crippen molar-refractivity contribution in [3.63, 3.8) is 0 Å². The molecular weight excluding hydrogens is 374 g/mol. The molecular formula is C16H18BN2O7P. The second-order valence-electron chi connectivity index (χ2n) is 5.52. The van der Waals surface area contributed by atoms with Crippen LogP contribution in [0.1, 0.15) is 5.56 Å². The zero-order valence-corrected chi connectivity index (χ0v) is 14.9. The number of rotatable bonds is 9. The van der Waals surface area contributed by atoms with Gasteiger partial charge in [-0.3, -0.25) is 9.59 Å². The number of hydrogen-bond donors (Lipinski definition) is 6. The van der Waals surface area contributed by atoms with Crippen LogP contribution in [0.3, 0.4) is 0 Å². The molecule has 2 aromatic rings.